The predicted molar refractivity (Wildman–Crippen MR) is 82.8 cm³/mol. The number of anilines is 1. The summed E-state index contributed by atoms with van der Waals surface area (Å²) in [6.45, 7) is 2.50. The maximum Gasteiger partial charge on any atom is 0.141 e. The van der Waals surface area contributed by atoms with E-state index in [0.29, 0.717) is 29.5 Å². The molecule has 0 aliphatic heterocycles. The van der Waals surface area contributed by atoms with E-state index in [-0.39, 0.29) is 0 Å². The number of hydrogen-bond acceptors (Lipinski definition) is 4. The average molecular weight is 338 g/mol. The van der Waals surface area contributed by atoms with E-state index in [4.69, 9.17) is 19.9 Å². The zero-order valence-electron chi connectivity index (χ0n) is 11.4. The van der Waals surface area contributed by atoms with E-state index in [1.54, 1.807) is 25.3 Å². The van der Waals surface area contributed by atoms with Crippen LogP contribution in [0.1, 0.15) is 6.92 Å². The van der Waals surface area contributed by atoms with Gasteiger partial charge in [-0.3, -0.25) is 0 Å². The first-order valence-corrected chi connectivity index (χ1v) is 6.96. The molecule has 2 aromatic rings. The molecule has 0 bridgehead atoms. The molecule has 20 heavy (non-hydrogen) atoms. The largest absolute Gasteiger partial charge is 0.497 e. The Balaban J connectivity index is 2.25. The number of nitrogen functional groups attached to an aromatic ring is 1. The van der Waals surface area contributed by atoms with Crippen LogP contribution in [0.25, 0.3) is 0 Å². The summed E-state index contributed by atoms with van der Waals surface area (Å²) in [6, 6.07) is 10.8. The van der Waals surface area contributed by atoms with E-state index >= 15 is 0 Å². The molecule has 0 atom stereocenters. The van der Waals surface area contributed by atoms with Crippen molar-refractivity contribution in [3.8, 4) is 23.0 Å². The van der Waals surface area contributed by atoms with Gasteiger partial charge in [-0.1, -0.05) is 0 Å². The van der Waals surface area contributed by atoms with Gasteiger partial charge in [-0.2, -0.15) is 0 Å². The zero-order valence-corrected chi connectivity index (χ0v) is 12.9. The minimum Gasteiger partial charge on any atom is -0.497 e. The SMILES string of the molecule is CCOc1cc(N)cc(Oc2ccc(OC)cc2Br)c1. The Labute approximate surface area is 126 Å². The van der Waals surface area contributed by atoms with Gasteiger partial charge in [0.2, 0.25) is 0 Å². The molecule has 0 saturated carbocycles. The van der Waals surface area contributed by atoms with Crippen molar-refractivity contribution < 1.29 is 14.2 Å². The fraction of sp³-hybridized carbons (Fsp3) is 0.200. The number of hydrogen-bond donors (Lipinski definition) is 1. The fourth-order valence-corrected chi connectivity index (χ4v) is 2.16. The summed E-state index contributed by atoms with van der Waals surface area (Å²) in [5, 5.41) is 0. The molecule has 0 saturated heterocycles. The van der Waals surface area contributed by atoms with Crippen LogP contribution in [0.5, 0.6) is 23.0 Å². The van der Waals surface area contributed by atoms with Gasteiger partial charge in [0.1, 0.15) is 23.0 Å². The van der Waals surface area contributed by atoms with Crippen molar-refractivity contribution in [2.45, 2.75) is 6.92 Å². The standard InChI is InChI=1S/C15H16BrNO3/c1-3-19-12-6-10(17)7-13(8-12)20-15-5-4-11(18-2)9-14(15)16/h4-9H,3,17H2,1-2H3. The normalized spacial score (nSPS) is 10.2. The molecular weight excluding hydrogens is 322 g/mol. The molecule has 0 aliphatic carbocycles. The van der Waals surface area contributed by atoms with Gasteiger partial charge in [0.25, 0.3) is 0 Å². The van der Waals surface area contributed by atoms with Crippen molar-refractivity contribution in [2.24, 2.45) is 0 Å². The van der Waals surface area contributed by atoms with Gasteiger partial charge in [0.05, 0.1) is 18.2 Å². The maximum absolute atomic E-state index is 5.84. The van der Waals surface area contributed by atoms with Crippen molar-refractivity contribution in [3.05, 3.63) is 40.9 Å². The van der Waals surface area contributed by atoms with Crippen LogP contribution in [0.4, 0.5) is 5.69 Å². The quantitative estimate of drug-likeness (QED) is 0.829. The highest BCUT2D eigenvalue weighted by Gasteiger charge is 2.07. The number of ether oxygens (including phenoxy) is 3. The maximum atomic E-state index is 5.84. The van der Waals surface area contributed by atoms with Crippen LogP contribution in [0.15, 0.2) is 40.9 Å². The summed E-state index contributed by atoms with van der Waals surface area (Å²) in [5.74, 6) is 2.75. The molecule has 0 unspecified atom stereocenters. The molecule has 2 rings (SSSR count). The summed E-state index contributed by atoms with van der Waals surface area (Å²) in [6.07, 6.45) is 0. The average Bonchev–Trinajstić information content (AvgIpc) is 2.41. The van der Waals surface area contributed by atoms with Crippen molar-refractivity contribution in [2.75, 3.05) is 19.5 Å². The lowest BCUT2D eigenvalue weighted by Crippen LogP contribution is -1.95. The molecule has 5 heteroatoms. The van der Waals surface area contributed by atoms with E-state index < -0.39 is 0 Å². The first-order valence-electron chi connectivity index (χ1n) is 6.17. The summed E-state index contributed by atoms with van der Waals surface area (Å²) in [4.78, 5) is 0. The summed E-state index contributed by atoms with van der Waals surface area (Å²) < 4.78 is 17.2. The topological polar surface area (TPSA) is 53.7 Å². The van der Waals surface area contributed by atoms with Gasteiger partial charge in [0, 0.05) is 23.9 Å². The molecule has 0 spiro atoms. The van der Waals surface area contributed by atoms with E-state index in [0.717, 1.165) is 10.2 Å². The van der Waals surface area contributed by atoms with E-state index in [9.17, 15) is 0 Å². The molecule has 0 fully saturated rings. The van der Waals surface area contributed by atoms with Gasteiger partial charge < -0.3 is 19.9 Å². The minimum atomic E-state index is 0.578. The molecule has 0 aliphatic rings. The lowest BCUT2D eigenvalue weighted by molar-refractivity contribution is 0.338. The van der Waals surface area contributed by atoms with Gasteiger partial charge in [-0.05, 0) is 41.1 Å². The molecule has 4 nitrogen and oxygen atoms in total. The number of methoxy groups -OCH3 is 1. The molecular formula is C15H16BrNO3. The Morgan fingerprint density at radius 2 is 1.80 bits per heavy atom. The lowest BCUT2D eigenvalue weighted by Gasteiger charge is -2.11. The molecule has 106 valence electrons. The van der Waals surface area contributed by atoms with Crippen LogP contribution in [0.3, 0.4) is 0 Å². The second kappa shape index (κ2) is 6.52. The van der Waals surface area contributed by atoms with Crippen molar-refractivity contribution in [1.29, 1.82) is 0 Å². The van der Waals surface area contributed by atoms with Crippen LogP contribution in [0, 0.1) is 0 Å². The van der Waals surface area contributed by atoms with E-state index in [2.05, 4.69) is 15.9 Å². The monoisotopic (exact) mass is 337 g/mol. The van der Waals surface area contributed by atoms with Gasteiger partial charge in [-0.25, -0.2) is 0 Å². The first-order chi connectivity index (χ1) is 9.62. The molecule has 2 aromatic carbocycles. The minimum absolute atomic E-state index is 0.578. The molecule has 0 heterocycles. The highest BCUT2D eigenvalue weighted by Crippen LogP contribution is 2.34. The lowest BCUT2D eigenvalue weighted by atomic mass is 10.2. The predicted octanol–water partition coefficient (Wildman–Crippen LogP) is 4.23. The smallest absolute Gasteiger partial charge is 0.141 e. The highest BCUT2D eigenvalue weighted by atomic mass is 79.9. The second-order valence-corrected chi connectivity index (χ2v) is 4.92. The van der Waals surface area contributed by atoms with Crippen molar-refractivity contribution in [3.63, 3.8) is 0 Å². The van der Waals surface area contributed by atoms with Crippen LogP contribution in [0.2, 0.25) is 0 Å². The highest BCUT2D eigenvalue weighted by molar-refractivity contribution is 9.10. The van der Waals surface area contributed by atoms with E-state index in [1.165, 1.54) is 0 Å². The van der Waals surface area contributed by atoms with Gasteiger partial charge >= 0.3 is 0 Å². The van der Waals surface area contributed by atoms with Gasteiger partial charge in [-0.15, -0.1) is 0 Å². The Morgan fingerprint density at radius 3 is 2.45 bits per heavy atom. The Kier molecular flexibility index (Phi) is 4.74. The third-order valence-electron chi connectivity index (χ3n) is 2.58. The van der Waals surface area contributed by atoms with E-state index in [1.807, 2.05) is 25.1 Å². The number of nitrogens with two attached hydrogens (primary N) is 1. The van der Waals surface area contributed by atoms with Crippen LogP contribution >= 0.6 is 15.9 Å². The third kappa shape index (κ3) is 3.57. The second-order valence-electron chi connectivity index (χ2n) is 4.07. The molecule has 2 N–H and O–H groups in total. The molecule has 0 aromatic heterocycles. The Morgan fingerprint density at radius 1 is 1.05 bits per heavy atom. The number of rotatable bonds is 5. The Bertz CT molecular complexity index is 602. The van der Waals surface area contributed by atoms with Crippen LogP contribution < -0.4 is 19.9 Å². The first kappa shape index (κ1) is 14.5. The summed E-state index contributed by atoms with van der Waals surface area (Å²) in [7, 11) is 1.62. The molecule has 0 radical (unpaired) electrons. The van der Waals surface area contributed by atoms with Crippen molar-refractivity contribution in [1.82, 2.24) is 0 Å². The third-order valence-corrected chi connectivity index (χ3v) is 3.20. The summed E-state index contributed by atoms with van der Waals surface area (Å²) >= 11 is 3.45. The van der Waals surface area contributed by atoms with Gasteiger partial charge in [0.15, 0.2) is 0 Å². The molecule has 0 amide bonds. The van der Waals surface area contributed by atoms with Crippen molar-refractivity contribution >= 4 is 21.6 Å². The fourth-order valence-electron chi connectivity index (χ4n) is 1.72. The van der Waals surface area contributed by atoms with Crippen LogP contribution in [-0.4, -0.2) is 13.7 Å². The Hall–Kier alpha value is -1.88. The zero-order chi connectivity index (χ0) is 14.5. The van der Waals surface area contributed by atoms with Crippen LogP contribution in [-0.2, 0) is 0 Å². The number of halogens is 1. The number of benzene rings is 2. The summed E-state index contributed by atoms with van der Waals surface area (Å²) in [5.41, 5.74) is 6.43.